The molecule has 3 rings (SSSR count). The van der Waals surface area contributed by atoms with Gasteiger partial charge in [-0.05, 0) is 42.5 Å². The van der Waals surface area contributed by atoms with Crippen LogP contribution in [-0.4, -0.2) is 23.9 Å². The molecule has 1 amide bonds. The summed E-state index contributed by atoms with van der Waals surface area (Å²) in [6.45, 7) is 0. The molecule has 1 fully saturated rings. The number of aryl methyl sites for hydroxylation is 1. The number of piperidine rings is 1. The van der Waals surface area contributed by atoms with Crippen molar-refractivity contribution in [2.45, 2.75) is 43.8 Å². The summed E-state index contributed by atoms with van der Waals surface area (Å²) in [6.07, 6.45) is -1.70. The molecule has 0 saturated carbocycles. The van der Waals surface area contributed by atoms with Gasteiger partial charge in [-0.3, -0.25) is 4.79 Å². The highest BCUT2D eigenvalue weighted by molar-refractivity contribution is 5.77. The van der Waals surface area contributed by atoms with Crippen LogP contribution < -0.4 is 0 Å². The van der Waals surface area contributed by atoms with Crippen LogP contribution in [-0.2, 0) is 17.4 Å². The smallest absolute Gasteiger partial charge is 0.342 e. The van der Waals surface area contributed by atoms with Gasteiger partial charge in [-0.1, -0.05) is 6.07 Å². The Morgan fingerprint density at radius 3 is 2.65 bits per heavy atom. The normalized spacial score (nSPS) is 26.2. The average Bonchev–Trinajstić information content (AvgIpc) is 2.41. The van der Waals surface area contributed by atoms with Crippen LogP contribution in [0.3, 0.4) is 0 Å². The third-order valence-corrected chi connectivity index (χ3v) is 4.60. The van der Waals surface area contributed by atoms with E-state index in [9.17, 15) is 18.0 Å². The molecule has 2 aliphatic rings. The van der Waals surface area contributed by atoms with Gasteiger partial charge >= 0.3 is 6.18 Å². The van der Waals surface area contributed by atoms with Gasteiger partial charge in [0.15, 0.2) is 0 Å². The van der Waals surface area contributed by atoms with E-state index in [2.05, 4.69) is 0 Å². The summed E-state index contributed by atoms with van der Waals surface area (Å²) in [5.74, 6) is 0.324. The fourth-order valence-corrected chi connectivity index (χ4v) is 3.52. The van der Waals surface area contributed by atoms with Gasteiger partial charge < -0.3 is 4.90 Å². The van der Waals surface area contributed by atoms with E-state index in [1.54, 1.807) is 18.0 Å². The van der Waals surface area contributed by atoms with Crippen LogP contribution in [0.5, 0.6) is 0 Å². The number of halogens is 3. The zero-order valence-corrected chi connectivity index (χ0v) is 11.2. The minimum absolute atomic E-state index is 0.139. The summed E-state index contributed by atoms with van der Waals surface area (Å²) < 4.78 is 38.3. The highest BCUT2D eigenvalue weighted by atomic mass is 19.4. The summed E-state index contributed by atoms with van der Waals surface area (Å²) in [4.78, 5) is 13.5. The predicted molar refractivity (Wildman–Crippen MR) is 68.3 cm³/mol. The van der Waals surface area contributed by atoms with Gasteiger partial charge in [0.1, 0.15) is 0 Å². The van der Waals surface area contributed by atoms with E-state index in [0.29, 0.717) is 12.8 Å². The number of fused-ring (bicyclic) bond motifs is 3. The Morgan fingerprint density at radius 1 is 1.20 bits per heavy atom. The van der Waals surface area contributed by atoms with Crippen LogP contribution in [0.2, 0.25) is 0 Å². The van der Waals surface area contributed by atoms with Gasteiger partial charge in [-0.15, -0.1) is 0 Å². The van der Waals surface area contributed by atoms with Crippen molar-refractivity contribution in [1.82, 2.24) is 4.90 Å². The molecule has 2 nitrogen and oxygen atoms in total. The fraction of sp³-hybridized carbons (Fsp3) is 0.533. The van der Waals surface area contributed by atoms with Gasteiger partial charge in [0.2, 0.25) is 5.91 Å². The lowest BCUT2D eigenvalue weighted by Gasteiger charge is -2.43. The molecule has 1 heterocycles. The van der Waals surface area contributed by atoms with Crippen LogP contribution in [0.25, 0.3) is 0 Å². The molecule has 0 radical (unpaired) electrons. The Balaban J connectivity index is 1.97. The van der Waals surface area contributed by atoms with Gasteiger partial charge in [0, 0.05) is 25.4 Å². The molecule has 0 N–H and O–H groups in total. The molecule has 0 bridgehead atoms. The molecule has 1 aliphatic carbocycles. The number of likely N-dealkylation sites (N-methyl/N-ethyl adjacent to an activating group) is 1. The predicted octanol–water partition coefficient (Wildman–Crippen LogP) is 3.36. The van der Waals surface area contributed by atoms with Crippen LogP contribution >= 0.6 is 0 Å². The number of amides is 1. The quantitative estimate of drug-likeness (QED) is 0.715. The standard InChI is InChI=1S/C15H16F3NO/c1-19-13-6-2-9-8-10(15(16,17)18)3-4-11(9)12(13)5-7-14(19)20/h3-4,8,12-13H,2,5-7H2,1H3/t12-,13-/m0/s1. The molecule has 1 aromatic carbocycles. The van der Waals surface area contributed by atoms with Crippen molar-refractivity contribution in [1.29, 1.82) is 0 Å². The summed E-state index contributed by atoms with van der Waals surface area (Å²) >= 11 is 0. The number of nitrogens with zero attached hydrogens (tertiary/aromatic N) is 1. The van der Waals surface area contributed by atoms with Gasteiger partial charge in [0.25, 0.3) is 0 Å². The third kappa shape index (κ3) is 2.09. The lowest BCUT2D eigenvalue weighted by atomic mass is 9.74. The average molecular weight is 283 g/mol. The highest BCUT2D eigenvalue weighted by Crippen LogP contribution is 2.42. The number of rotatable bonds is 0. The van der Waals surface area contributed by atoms with Crippen molar-refractivity contribution in [2.24, 2.45) is 0 Å². The summed E-state index contributed by atoms with van der Waals surface area (Å²) in [6, 6.07) is 4.19. The van der Waals surface area contributed by atoms with E-state index in [1.807, 2.05) is 0 Å². The van der Waals surface area contributed by atoms with Crippen molar-refractivity contribution in [2.75, 3.05) is 7.05 Å². The summed E-state index contributed by atoms with van der Waals surface area (Å²) in [7, 11) is 1.80. The Morgan fingerprint density at radius 2 is 1.95 bits per heavy atom. The molecule has 1 saturated heterocycles. The Kier molecular flexibility index (Phi) is 3.03. The van der Waals surface area contributed by atoms with Crippen molar-refractivity contribution in [3.63, 3.8) is 0 Å². The zero-order valence-electron chi connectivity index (χ0n) is 11.2. The van der Waals surface area contributed by atoms with E-state index in [1.165, 1.54) is 6.07 Å². The summed E-state index contributed by atoms with van der Waals surface area (Å²) in [5.41, 5.74) is 1.22. The second-order valence-electron chi connectivity index (χ2n) is 5.67. The van der Waals surface area contributed by atoms with Crippen LogP contribution in [0.1, 0.15) is 41.9 Å². The number of hydrogen-bond acceptors (Lipinski definition) is 1. The van der Waals surface area contributed by atoms with E-state index < -0.39 is 11.7 Å². The van der Waals surface area contributed by atoms with E-state index in [0.717, 1.165) is 30.0 Å². The molecule has 1 aliphatic heterocycles. The van der Waals surface area contributed by atoms with Crippen LogP contribution in [0.4, 0.5) is 13.2 Å². The molecule has 5 heteroatoms. The first-order chi connectivity index (χ1) is 9.38. The lowest BCUT2D eigenvalue weighted by Crippen LogP contribution is -2.47. The van der Waals surface area contributed by atoms with E-state index in [-0.39, 0.29) is 17.9 Å². The Labute approximate surface area is 115 Å². The molecule has 1 aromatic rings. The fourth-order valence-electron chi connectivity index (χ4n) is 3.52. The second-order valence-corrected chi connectivity index (χ2v) is 5.67. The number of alkyl halides is 3. The van der Waals surface area contributed by atoms with Crippen molar-refractivity contribution >= 4 is 5.91 Å². The maximum absolute atomic E-state index is 12.8. The number of benzene rings is 1. The van der Waals surface area contributed by atoms with Crippen molar-refractivity contribution < 1.29 is 18.0 Å². The molecular weight excluding hydrogens is 267 g/mol. The van der Waals surface area contributed by atoms with Crippen molar-refractivity contribution in [3.05, 3.63) is 34.9 Å². The maximum atomic E-state index is 12.8. The van der Waals surface area contributed by atoms with E-state index in [4.69, 9.17) is 0 Å². The topological polar surface area (TPSA) is 20.3 Å². The molecule has 0 spiro atoms. The maximum Gasteiger partial charge on any atom is 0.416 e. The summed E-state index contributed by atoms with van der Waals surface area (Å²) in [5, 5.41) is 0. The first-order valence-corrected chi connectivity index (χ1v) is 6.83. The SMILES string of the molecule is CN1C(=O)CC[C@H]2c3ccc(C(F)(F)F)cc3CC[C@@H]21. The highest BCUT2D eigenvalue weighted by Gasteiger charge is 2.39. The minimum atomic E-state index is -4.29. The molecule has 108 valence electrons. The first-order valence-electron chi connectivity index (χ1n) is 6.83. The monoisotopic (exact) mass is 283 g/mol. The van der Waals surface area contributed by atoms with Crippen LogP contribution in [0.15, 0.2) is 18.2 Å². The Hall–Kier alpha value is -1.52. The largest absolute Gasteiger partial charge is 0.416 e. The number of hydrogen-bond donors (Lipinski definition) is 0. The zero-order chi connectivity index (χ0) is 14.5. The molecule has 20 heavy (non-hydrogen) atoms. The van der Waals surface area contributed by atoms with Crippen molar-refractivity contribution in [3.8, 4) is 0 Å². The molecule has 2 atom stereocenters. The minimum Gasteiger partial charge on any atom is -0.342 e. The lowest BCUT2D eigenvalue weighted by molar-refractivity contribution is -0.137. The first kappa shape index (κ1) is 13.5. The van der Waals surface area contributed by atoms with Gasteiger partial charge in [-0.25, -0.2) is 0 Å². The van der Waals surface area contributed by atoms with Gasteiger partial charge in [0.05, 0.1) is 5.56 Å². The number of carbonyl (C=O) groups excluding carboxylic acids is 1. The van der Waals surface area contributed by atoms with E-state index >= 15 is 0 Å². The van der Waals surface area contributed by atoms with Crippen LogP contribution in [0, 0.1) is 0 Å². The Bertz CT molecular complexity index is 553. The second kappa shape index (κ2) is 4.50. The number of carbonyl (C=O) groups is 1. The molecule has 0 aromatic heterocycles. The third-order valence-electron chi connectivity index (χ3n) is 4.60. The molecular formula is C15H16F3NO. The van der Waals surface area contributed by atoms with Gasteiger partial charge in [-0.2, -0.15) is 13.2 Å². The number of likely N-dealkylation sites (tertiary alicyclic amines) is 1. The molecule has 0 unspecified atom stereocenters.